The van der Waals surface area contributed by atoms with Crippen molar-refractivity contribution >= 4 is 0 Å². The second-order valence-electron chi connectivity index (χ2n) is 3.08. The lowest BCUT2D eigenvalue weighted by atomic mass is 10.1. The zero-order valence-electron chi connectivity index (χ0n) is 7.76. The third kappa shape index (κ3) is 4.17. The molecule has 0 aliphatic carbocycles. The van der Waals surface area contributed by atoms with Crippen molar-refractivity contribution in [2.45, 2.75) is 45.4 Å². The highest BCUT2D eigenvalue weighted by Gasteiger charge is 2.22. The van der Waals surface area contributed by atoms with Gasteiger partial charge in [0.1, 0.15) is 5.72 Å². The molecule has 0 fully saturated rings. The van der Waals surface area contributed by atoms with Crippen LogP contribution in [0.4, 0.5) is 0 Å². The van der Waals surface area contributed by atoms with Gasteiger partial charge in [-0.1, -0.05) is 13.0 Å². The minimum atomic E-state index is -0.504. The Morgan fingerprint density at radius 2 is 2.18 bits per heavy atom. The normalized spacial score (nSPS) is 16.5. The first-order valence-electron chi connectivity index (χ1n) is 4.11. The average Bonchev–Trinajstić information content (AvgIpc) is 1.87. The van der Waals surface area contributed by atoms with Crippen LogP contribution in [-0.2, 0) is 4.74 Å². The predicted octanol–water partition coefficient (Wildman–Crippen LogP) is 2.05. The van der Waals surface area contributed by atoms with E-state index in [0.29, 0.717) is 6.42 Å². The van der Waals surface area contributed by atoms with Crippen molar-refractivity contribution in [1.29, 1.82) is 0 Å². The van der Waals surface area contributed by atoms with Gasteiger partial charge in [-0.25, -0.2) is 0 Å². The number of hydrogen-bond acceptors (Lipinski definition) is 2. The van der Waals surface area contributed by atoms with Gasteiger partial charge in [0, 0.05) is 6.42 Å². The molecule has 0 rings (SSSR count). The first-order valence-corrected chi connectivity index (χ1v) is 4.11. The minimum Gasteiger partial charge on any atom is -0.358 e. The summed E-state index contributed by atoms with van der Waals surface area (Å²) in [6, 6.07) is 0. The molecule has 1 atom stereocenters. The molecule has 0 aliphatic heterocycles. The summed E-state index contributed by atoms with van der Waals surface area (Å²) in [6.45, 7) is 9.63. The van der Waals surface area contributed by atoms with Crippen LogP contribution in [0, 0.1) is 0 Å². The average molecular weight is 157 g/mol. The van der Waals surface area contributed by atoms with Crippen LogP contribution < -0.4 is 5.73 Å². The molecule has 66 valence electrons. The van der Waals surface area contributed by atoms with Gasteiger partial charge < -0.3 is 10.5 Å². The molecule has 0 radical (unpaired) electrons. The summed E-state index contributed by atoms with van der Waals surface area (Å²) < 4.78 is 5.53. The standard InChI is InChI=1S/C9H19NO/c1-5-7-9(10,6-2)11-8(3)4/h5,8H,1,6-7,10H2,2-4H3. The van der Waals surface area contributed by atoms with Crippen molar-refractivity contribution in [3.63, 3.8) is 0 Å². The van der Waals surface area contributed by atoms with Crippen LogP contribution in [0.15, 0.2) is 12.7 Å². The van der Waals surface area contributed by atoms with E-state index in [1.54, 1.807) is 6.08 Å². The van der Waals surface area contributed by atoms with Crippen LogP contribution in [0.1, 0.15) is 33.6 Å². The summed E-state index contributed by atoms with van der Waals surface area (Å²) >= 11 is 0. The summed E-state index contributed by atoms with van der Waals surface area (Å²) in [5.74, 6) is 0. The maximum atomic E-state index is 5.92. The smallest absolute Gasteiger partial charge is 0.120 e. The van der Waals surface area contributed by atoms with Crippen molar-refractivity contribution in [3.8, 4) is 0 Å². The maximum Gasteiger partial charge on any atom is 0.120 e. The summed E-state index contributed by atoms with van der Waals surface area (Å²) in [6.07, 6.45) is 3.50. The van der Waals surface area contributed by atoms with Crippen molar-refractivity contribution < 1.29 is 4.74 Å². The molecule has 0 aromatic rings. The summed E-state index contributed by atoms with van der Waals surface area (Å²) in [5, 5.41) is 0. The van der Waals surface area contributed by atoms with E-state index in [2.05, 4.69) is 6.58 Å². The number of ether oxygens (including phenoxy) is 1. The van der Waals surface area contributed by atoms with E-state index in [9.17, 15) is 0 Å². The molecule has 0 heterocycles. The number of hydrogen-bond donors (Lipinski definition) is 1. The lowest BCUT2D eigenvalue weighted by Gasteiger charge is -2.29. The molecule has 1 unspecified atom stereocenters. The molecule has 11 heavy (non-hydrogen) atoms. The van der Waals surface area contributed by atoms with Gasteiger partial charge in [0.2, 0.25) is 0 Å². The van der Waals surface area contributed by atoms with Gasteiger partial charge in [0.25, 0.3) is 0 Å². The molecule has 2 heteroatoms. The molecule has 0 aromatic carbocycles. The number of rotatable bonds is 5. The largest absolute Gasteiger partial charge is 0.358 e. The monoisotopic (exact) mass is 157 g/mol. The highest BCUT2D eigenvalue weighted by molar-refractivity contribution is 4.82. The molecular weight excluding hydrogens is 138 g/mol. The van der Waals surface area contributed by atoms with E-state index in [1.807, 2.05) is 20.8 Å². The van der Waals surface area contributed by atoms with E-state index in [1.165, 1.54) is 0 Å². The van der Waals surface area contributed by atoms with Crippen LogP contribution in [0.3, 0.4) is 0 Å². The van der Waals surface area contributed by atoms with Gasteiger partial charge in [0.15, 0.2) is 0 Å². The van der Waals surface area contributed by atoms with Crippen molar-refractivity contribution in [1.82, 2.24) is 0 Å². The molecule has 0 aromatic heterocycles. The Hall–Kier alpha value is -0.340. The lowest BCUT2D eigenvalue weighted by molar-refractivity contribution is -0.0767. The minimum absolute atomic E-state index is 0.180. The van der Waals surface area contributed by atoms with Gasteiger partial charge in [-0.3, -0.25) is 0 Å². The van der Waals surface area contributed by atoms with Gasteiger partial charge in [0.05, 0.1) is 6.10 Å². The molecule has 0 bridgehead atoms. The number of nitrogens with two attached hydrogens (primary N) is 1. The van der Waals surface area contributed by atoms with Crippen LogP contribution >= 0.6 is 0 Å². The fourth-order valence-corrected chi connectivity index (χ4v) is 0.990. The van der Waals surface area contributed by atoms with Crippen LogP contribution in [-0.4, -0.2) is 11.8 Å². The van der Waals surface area contributed by atoms with E-state index in [-0.39, 0.29) is 6.10 Å². The molecule has 0 aliphatic rings. The lowest BCUT2D eigenvalue weighted by Crippen LogP contribution is -2.43. The quantitative estimate of drug-likeness (QED) is 0.489. The van der Waals surface area contributed by atoms with Crippen molar-refractivity contribution in [2.75, 3.05) is 0 Å². The zero-order chi connectivity index (χ0) is 8.91. The van der Waals surface area contributed by atoms with Crippen LogP contribution in [0.2, 0.25) is 0 Å². The fourth-order valence-electron chi connectivity index (χ4n) is 0.990. The fraction of sp³-hybridized carbons (Fsp3) is 0.778. The van der Waals surface area contributed by atoms with E-state index < -0.39 is 5.72 Å². The Balaban J connectivity index is 3.97. The highest BCUT2D eigenvalue weighted by atomic mass is 16.5. The van der Waals surface area contributed by atoms with Crippen molar-refractivity contribution in [2.24, 2.45) is 5.73 Å². The van der Waals surface area contributed by atoms with E-state index in [0.717, 1.165) is 6.42 Å². The Labute approximate surface area is 69.4 Å². The molecule has 0 amide bonds. The molecule has 0 spiro atoms. The first kappa shape index (κ1) is 10.7. The topological polar surface area (TPSA) is 35.2 Å². The van der Waals surface area contributed by atoms with Gasteiger partial charge in [-0.2, -0.15) is 0 Å². The Morgan fingerprint density at radius 1 is 1.64 bits per heavy atom. The summed E-state index contributed by atoms with van der Waals surface area (Å²) in [4.78, 5) is 0. The molecular formula is C9H19NO. The van der Waals surface area contributed by atoms with Crippen LogP contribution in [0.25, 0.3) is 0 Å². The second kappa shape index (κ2) is 4.52. The molecule has 0 saturated carbocycles. The first-order chi connectivity index (χ1) is 5.04. The Morgan fingerprint density at radius 3 is 2.45 bits per heavy atom. The third-order valence-corrected chi connectivity index (χ3v) is 1.56. The highest BCUT2D eigenvalue weighted by Crippen LogP contribution is 2.15. The predicted molar refractivity (Wildman–Crippen MR) is 48.2 cm³/mol. The summed E-state index contributed by atoms with van der Waals surface area (Å²) in [7, 11) is 0. The van der Waals surface area contributed by atoms with E-state index >= 15 is 0 Å². The Kier molecular flexibility index (Phi) is 4.38. The van der Waals surface area contributed by atoms with E-state index in [4.69, 9.17) is 10.5 Å². The SMILES string of the molecule is C=CCC(N)(CC)OC(C)C. The maximum absolute atomic E-state index is 5.92. The molecule has 2 nitrogen and oxygen atoms in total. The van der Waals surface area contributed by atoms with Crippen LogP contribution in [0.5, 0.6) is 0 Å². The second-order valence-corrected chi connectivity index (χ2v) is 3.08. The third-order valence-electron chi connectivity index (χ3n) is 1.56. The van der Waals surface area contributed by atoms with Gasteiger partial charge >= 0.3 is 0 Å². The van der Waals surface area contributed by atoms with Gasteiger partial charge in [-0.15, -0.1) is 6.58 Å². The summed E-state index contributed by atoms with van der Waals surface area (Å²) in [5.41, 5.74) is 5.41. The molecule has 0 saturated heterocycles. The van der Waals surface area contributed by atoms with Crippen molar-refractivity contribution in [3.05, 3.63) is 12.7 Å². The Bertz CT molecular complexity index is 123. The molecule has 2 N–H and O–H groups in total. The zero-order valence-corrected chi connectivity index (χ0v) is 7.76. The van der Waals surface area contributed by atoms with Gasteiger partial charge in [-0.05, 0) is 20.3 Å².